The van der Waals surface area contributed by atoms with E-state index in [9.17, 15) is 9.90 Å². The Balaban J connectivity index is 3.54. The van der Waals surface area contributed by atoms with Gasteiger partial charge in [-0.05, 0) is 13.3 Å². The lowest BCUT2D eigenvalue weighted by Gasteiger charge is -2.22. The molecule has 0 rings (SSSR count). The Labute approximate surface area is 141 Å². The second-order valence-electron chi connectivity index (χ2n) is 6.51. The molecule has 3 atom stereocenters. The van der Waals surface area contributed by atoms with E-state index in [4.69, 9.17) is 15.6 Å². The number of hydrogen-bond donors (Lipinski definition) is 3. The van der Waals surface area contributed by atoms with Crippen molar-refractivity contribution in [3.8, 4) is 0 Å². The van der Waals surface area contributed by atoms with E-state index in [-0.39, 0.29) is 6.42 Å². The summed E-state index contributed by atoms with van der Waals surface area (Å²) in [6.07, 6.45) is 11.5. The number of carboxylic acid groups (broad SMARTS) is 1. The molecular weight excluding hydrogens is 294 g/mol. The van der Waals surface area contributed by atoms with E-state index >= 15 is 0 Å². The van der Waals surface area contributed by atoms with Gasteiger partial charge in [-0.1, -0.05) is 64.7 Å². The molecule has 0 amide bonds. The number of ether oxygens (including phenoxy) is 1. The zero-order valence-corrected chi connectivity index (χ0v) is 15.0. The van der Waals surface area contributed by atoms with Gasteiger partial charge in [-0.15, -0.1) is 0 Å². The molecule has 0 radical (unpaired) electrons. The summed E-state index contributed by atoms with van der Waals surface area (Å²) < 4.78 is 5.60. The third kappa shape index (κ3) is 13.5. The monoisotopic (exact) mass is 331 g/mol. The van der Waals surface area contributed by atoms with Crippen LogP contribution in [0.2, 0.25) is 0 Å². The maximum absolute atomic E-state index is 10.8. The molecule has 5 nitrogen and oxygen atoms in total. The molecule has 0 aliphatic carbocycles. The lowest BCUT2D eigenvalue weighted by molar-refractivity contribution is -0.140. The van der Waals surface area contributed by atoms with Crippen LogP contribution in [0.25, 0.3) is 0 Å². The molecule has 0 heterocycles. The van der Waals surface area contributed by atoms with Crippen LogP contribution in [-0.4, -0.2) is 41.0 Å². The van der Waals surface area contributed by atoms with Gasteiger partial charge in [0.05, 0.1) is 12.2 Å². The van der Waals surface area contributed by atoms with Gasteiger partial charge in [-0.25, -0.2) is 0 Å². The van der Waals surface area contributed by atoms with Gasteiger partial charge in [0.15, 0.2) is 0 Å². The number of rotatable bonds is 16. The number of unbranched alkanes of at least 4 members (excludes halogenated alkanes) is 9. The van der Waals surface area contributed by atoms with Gasteiger partial charge >= 0.3 is 5.97 Å². The van der Waals surface area contributed by atoms with Gasteiger partial charge in [-0.3, -0.25) is 4.79 Å². The first-order valence-corrected chi connectivity index (χ1v) is 9.27. The predicted octanol–water partition coefficient (Wildman–Crippen LogP) is 3.48. The molecule has 4 N–H and O–H groups in total. The average Bonchev–Trinajstić information content (AvgIpc) is 2.50. The Bertz CT molecular complexity index is 284. The fraction of sp³-hybridized carbons (Fsp3) is 0.944. The Morgan fingerprint density at radius 1 is 1.00 bits per heavy atom. The van der Waals surface area contributed by atoms with Crippen molar-refractivity contribution >= 4 is 5.97 Å². The van der Waals surface area contributed by atoms with Gasteiger partial charge in [0, 0.05) is 13.0 Å². The number of hydrogen-bond acceptors (Lipinski definition) is 4. The van der Waals surface area contributed by atoms with E-state index in [0.717, 1.165) is 12.8 Å². The maximum atomic E-state index is 10.8. The van der Waals surface area contributed by atoms with E-state index in [1.165, 1.54) is 51.4 Å². The number of aliphatic hydroxyl groups is 1. The molecule has 3 unspecified atom stereocenters. The summed E-state index contributed by atoms with van der Waals surface area (Å²) in [5.74, 6) is -1.06. The van der Waals surface area contributed by atoms with Crippen LogP contribution < -0.4 is 5.73 Å². The van der Waals surface area contributed by atoms with Crippen LogP contribution in [0.15, 0.2) is 0 Å². The largest absolute Gasteiger partial charge is 0.480 e. The molecule has 0 aliphatic rings. The highest BCUT2D eigenvalue weighted by atomic mass is 16.5. The fourth-order valence-electron chi connectivity index (χ4n) is 2.58. The number of aliphatic carboxylic acids is 1. The van der Waals surface area contributed by atoms with Crippen molar-refractivity contribution in [2.45, 2.75) is 103 Å². The quantitative estimate of drug-likeness (QED) is 0.377. The SMILES string of the molecule is CCCCCCCCCCCCOC(CC(N)C(=O)O)C(C)O. The molecule has 0 fully saturated rings. The summed E-state index contributed by atoms with van der Waals surface area (Å²) in [6, 6.07) is -0.984. The zero-order valence-electron chi connectivity index (χ0n) is 15.0. The highest BCUT2D eigenvalue weighted by Crippen LogP contribution is 2.12. The minimum atomic E-state index is -1.06. The zero-order chi connectivity index (χ0) is 17.5. The van der Waals surface area contributed by atoms with Gasteiger partial charge < -0.3 is 20.7 Å². The van der Waals surface area contributed by atoms with Crippen molar-refractivity contribution in [2.75, 3.05) is 6.61 Å². The fourth-order valence-corrected chi connectivity index (χ4v) is 2.58. The Morgan fingerprint density at radius 2 is 1.48 bits per heavy atom. The second-order valence-corrected chi connectivity index (χ2v) is 6.51. The standard InChI is InChI=1S/C18H37NO4/c1-3-4-5-6-7-8-9-10-11-12-13-23-17(15(2)20)14-16(19)18(21)22/h15-17,20H,3-14,19H2,1-2H3,(H,21,22). The van der Waals surface area contributed by atoms with Crippen LogP contribution in [0.4, 0.5) is 0 Å². The second kappa shape index (κ2) is 14.9. The minimum absolute atomic E-state index is 0.144. The maximum Gasteiger partial charge on any atom is 0.320 e. The molecule has 0 saturated carbocycles. The molecule has 0 bridgehead atoms. The van der Waals surface area contributed by atoms with Crippen molar-refractivity contribution in [3.05, 3.63) is 0 Å². The van der Waals surface area contributed by atoms with E-state index in [1.54, 1.807) is 6.92 Å². The first-order chi connectivity index (χ1) is 11.0. The van der Waals surface area contributed by atoms with Crippen molar-refractivity contribution < 1.29 is 19.7 Å². The third-order valence-corrected chi connectivity index (χ3v) is 4.17. The van der Waals surface area contributed by atoms with Crippen molar-refractivity contribution in [2.24, 2.45) is 5.73 Å². The molecule has 0 aliphatic heterocycles. The van der Waals surface area contributed by atoms with E-state index < -0.39 is 24.2 Å². The highest BCUT2D eigenvalue weighted by molar-refractivity contribution is 5.73. The van der Waals surface area contributed by atoms with E-state index in [1.807, 2.05) is 0 Å². The van der Waals surface area contributed by atoms with Gasteiger partial charge in [-0.2, -0.15) is 0 Å². The van der Waals surface area contributed by atoms with Gasteiger partial charge in [0.25, 0.3) is 0 Å². The van der Waals surface area contributed by atoms with E-state index in [2.05, 4.69) is 6.92 Å². The van der Waals surface area contributed by atoms with Crippen molar-refractivity contribution in [1.82, 2.24) is 0 Å². The Hall–Kier alpha value is -0.650. The lowest BCUT2D eigenvalue weighted by Crippen LogP contribution is -2.39. The summed E-state index contributed by atoms with van der Waals surface area (Å²) in [5.41, 5.74) is 5.49. The normalized spacial score (nSPS) is 15.3. The van der Waals surface area contributed by atoms with Crippen LogP contribution in [0.1, 0.15) is 84.5 Å². The third-order valence-electron chi connectivity index (χ3n) is 4.17. The van der Waals surface area contributed by atoms with Crippen molar-refractivity contribution in [3.63, 3.8) is 0 Å². The van der Waals surface area contributed by atoms with Crippen LogP contribution >= 0.6 is 0 Å². The molecular formula is C18H37NO4. The molecule has 23 heavy (non-hydrogen) atoms. The molecule has 0 aromatic carbocycles. The average molecular weight is 331 g/mol. The Kier molecular flexibility index (Phi) is 14.5. The number of aliphatic hydroxyl groups excluding tert-OH is 1. The van der Waals surface area contributed by atoms with Crippen LogP contribution in [0.3, 0.4) is 0 Å². The number of carbonyl (C=O) groups is 1. The summed E-state index contributed by atoms with van der Waals surface area (Å²) >= 11 is 0. The molecule has 0 aromatic heterocycles. The summed E-state index contributed by atoms with van der Waals surface area (Å²) in [5, 5.41) is 18.4. The van der Waals surface area contributed by atoms with Gasteiger partial charge in [0.2, 0.25) is 0 Å². The number of nitrogens with two attached hydrogens (primary N) is 1. The summed E-state index contributed by atoms with van der Waals surface area (Å²) in [4.78, 5) is 10.8. The van der Waals surface area contributed by atoms with Crippen LogP contribution in [-0.2, 0) is 9.53 Å². The predicted molar refractivity (Wildman–Crippen MR) is 93.5 cm³/mol. The Morgan fingerprint density at radius 3 is 1.91 bits per heavy atom. The molecule has 0 aromatic rings. The molecule has 0 saturated heterocycles. The minimum Gasteiger partial charge on any atom is -0.480 e. The molecule has 5 heteroatoms. The molecule has 0 spiro atoms. The molecule has 138 valence electrons. The highest BCUT2D eigenvalue weighted by Gasteiger charge is 2.22. The van der Waals surface area contributed by atoms with Crippen LogP contribution in [0.5, 0.6) is 0 Å². The van der Waals surface area contributed by atoms with Crippen LogP contribution in [0, 0.1) is 0 Å². The van der Waals surface area contributed by atoms with E-state index in [0.29, 0.717) is 6.61 Å². The van der Waals surface area contributed by atoms with Crippen molar-refractivity contribution in [1.29, 1.82) is 0 Å². The first kappa shape index (κ1) is 22.4. The smallest absolute Gasteiger partial charge is 0.320 e. The summed E-state index contributed by atoms with van der Waals surface area (Å²) in [7, 11) is 0. The first-order valence-electron chi connectivity index (χ1n) is 9.27. The van der Waals surface area contributed by atoms with Gasteiger partial charge in [0.1, 0.15) is 6.04 Å². The summed E-state index contributed by atoms with van der Waals surface area (Å²) in [6.45, 7) is 4.40. The topological polar surface area (TPSA) is 92.8 Å². The number of carboxylic acids is 1. The lowest BCUT2D eigenvalue weighted by atomic mass is 10.1.